The Bertz CT molecular complexity index is 2760. The van der Waals surface area contributed by atoms with Crippen LogP contribution in [0.1, 0.15) is 126 Å². The minimum Gasteiger partial charge on any atom is -0.375 e. The van der Waals surface area contributed by atoms with E-state index in [9.17, 15) is 0 Å². The molecule has 2 nitrogen and oxygen atoms in total. The molecule has 6 fully saturated rings. The number of anilines is 3. The molecule has 3 heteroatoms. The molecule has 4 heterocycles. The van der Waals surface area contributed by atoms with Gasteiger partial charge < -0.3 is 9.38 Å². The van der Waals surface area contributed by atoms with E-state index in [1.165, 1.54) is 148 Å². The average Bonchev–Trinajstić information content (AvgIpc) is 3.51. The fourth-order valence-corrected chi connectivity index (χ4v) is 17.0. The van der Waals surface area contributed by atoms with E-state index in [0.717, 1.165) is 35.5 Å². The Morgan fingerprint density at radius 2 is 1.24 bits per heavy atom. The molecule has 5 aromatic carbocycles. The van der Waals surface area contributed by atoms with Gasteiger partial charge in [-0.15, -0.1) is 0 Å². The molecule has 0 amide bonds. The second kappa shape index (κ2) is 10.9. The Morgan fingerprint density at radius 1 is 0.586 bits per heavy atom. The summed E-state index contributed by atoms with van der Waals surface area (Å²) in [5, 5.41) is 3.05. The average molecular weight is 757 g/mol. The van der Waals surface area contributed by atoms with Gasteiger partial charge in [0.2, 0.25) is 0 Å². The van der Waals surface area contributed by atoms with E-state index < -0.39 is 0 Å². The fourth-order valence-electron chi connectivity index (χ4n) is 17.0. The monoisotopic (exact) mass is 756 g/mol. The lowest BCUT2D eigenvalue weighted by atomic mass is 9.44. The van der Waals surface area contributed by atoms with Gasteiger partial charge in [-0.1, -0.05) is 76.2 Å². The van der Waals surface area contributed by atoms with Gasteiger partial charge in [0.05, 0.1) is 5.69 Å². The first-order chi connectivity index (χ1) is 28.1. The summed E-state index contributed by atoms with van der Waals surface area (Å²) >= 11 is 0. The third kappa shape index (κ3) is 4.13. The van der Waals surface area contributed by atoms with E-state index in [1.807, 2.05) is 0 Å². The number of para-hydroxylation sites is 2. The van der Waals surface area contributed by atoms with Gasteiger partial charge in [0.25, 0.3) is 0 Å². The first kappa shape index (κ1) is 33.6. The second-order valence-electron chi connectivity index (χ2n) is 22.5. The zero-order valence-corrected chi connectivity index (χ0v) is 35.3. The quantitative estimate of drug-likeness (QED) is 0.160. The maximum absolute atomic E-state index is 2.86. The first-order valence-electron chi connectivity index (χ1n) is 23.4. The molecule has 3 aliphatic heterocycles. The Hall–Kier alpha value is -4.24. The number of fused-ring (bicyclic) bond motifs is 11. The number of benzene rings is 5. The van der Waals surface area contributed by atoms with Crippen LogP contribution in [-0.2, 0) is 16.2 Å². The number of aryl methyl sites for hydroxylation is 1. The van der Waals surface area contributed by atoms with Crippen molar-refractivity contribution in [1.29, 1.82) is 0 Å². The van der Waals surface area contributed by atoms with Crippen molar-refractivity contribution >= 4 is 56.6 Å². The van der Waals surface area contributed by atoms with E-state index in [-0.39, 0.29) is 17.7 Å². The number of hydrogen-bond acceptors (Lipinski definition) is 1. The van der Waals surface area contributed by atoms with Crippen molar-refractivity contribution in [2.75, 3.05) is 4.90 Å². The summed E-state index contributed by atoms with van der Waals surface area (Å²) in [6, 6.07) is 35.2. The predicted octanol–water partition coefficient (Wildman–Crippen LogP) is 12.7. The summed E-state index contributed by atoms with van der Waals surface area (Å²) in [5.41, 5.74) is 21.1. The molecule has 9 aliphatic rings. The fraction of sp³-hybridized carbons (Fsp3) is 0.455. The van der Waals surface area contributed by atoms with Gasteiger partial charge in [0.15, 0.2) is 0 Å². The van der Waals surface area contributed by atoms with E-state index in [1.54, 1.807) is 11.1 Å². The van der Waals surface area contributed by atoms with Gasteiger partial charge in [-0.3, -0.25) is 0 Å². The predicted molar refractivity (Wildman–Crippen MR) is 243 cm³/mol. The largest absolute Gasteiger partial charge is 0.375 e. The van der Waals surface area contributed by atoms with E-state index >= 15 is 0 Å². The summed E-state index contributed by atoms with van der Waals surface area (Å²) in [7, 11) is 0. The van der Waals surface area contributed by atoms with Crippen LogP contribution in [0.3, 0.4) is 0 Å². The van der Waals surface area contributed by atoms with Crippen molar-refractivity contribution in [3.63, 3.8) is 0 Å². The topological polar surface area (TPSA) is 8.17 Å². The van der Waals surface area contributed by atoms with Crippen LogP contribution in [0.2, 0.25) is 0 Å². The van der Waals surface area contributed by atoms with Crippen molar-refractivity contribution in [2.24, 2.45) is 35.5 Å². The van der Waals surface area contributed by atoms with Gasteiger partial charge >= 0.3 is 6.85 Å². The second-order valence-corrected chi connectivity index (χ2v) is 22.5. The van der Waals surface area contributed by atoms with Crippen molar-refractivity contribution in [3.8, 4) is 11.1 Å². The normalized spacial score (nSPS) is 32.7. The molecule has 6 saturated carbocycles. The standard InChI is InChI=1S/C55H57BN2/c1-31-17-41-43-24-39(54-25-32(2)15-34(27-54)16-33(3)26-54)23-42-40-22-38(55-28-35-19-36(29-55)21-37(20-35)30-55)13-14-47(40)58(51(42)43)56-46-11-8-10-45-52(46)57(49(18-31)50(41)56)48-12-7-6-9-44(48)53(45,4)5/h6-14,17-18,22-24,32-37H,15-16,19-21,25-30H2,1-5H3. The molecule has 2 unspecified atom stereocenters. The van der Waals surface area contributed by atoms with Gasteiger partial charge in [0.1, 0.15) is 0 Å². The summed E-state index contributed by atoms with van der Waals surface area (Å²) in [4.78, 5) is 2.69. The third-order valence-electron chi connectivity index (χ3n) is 18.2. The number of hydrogen-bond donors (Lipinski definition) is 0. The Morgan fingerprint density at radius 3 is 1.98 bits per heavy atom. The SMILES string of the molecule is Cc1cc2c3c(c1)N1c4ccccc4C(C)(C)c4cccc(c41)B3n1c3ccc(C45CC6CC(CC(C6)C4)C5)cc3c3cc(C45CC(C)CC(CC(C)C4)C5)cc-2c31. The lowest BCUT2D eigenvalue weighted by Crippen LogP contribution is -2.58. The minimum absolute atomic E-state index is 0.101. The van der Waals surface area contributed by atoms with Gasteiger partial charge in [-0.05, 0) is 205 Å². The van der Waals surface area contributed by atoms with E-state index in [2.05, 4.69) is 129 Å². The van der Waals surface area contributed by atoms with Crippen molar-refractivity contribution in [1.82, 2.24) is 4.48 Å². The smallest absolute Gasteiger partial charge is 0.333 e. The summed E-state index contributed by atoms with van der Waals surface area (Å²) < 4.78 is 2.86. The highest BCUT2D eigenvalue weighted by atomic mass is 15.2. The Kier molecular flexibility index (Phi) is 6.33. The van der Waals surface area contributed by atoms with Crippen LogP contribution in [-0.4, -0.2) is 11.3 Å². The molecule has 0 saturated heterocycles. The van der Waals surface area contributed by atoms with Crippen LogP contribution in [0, 0.1) is 42.4 Å². The molecule has 58 heavy (non-hydrogen) atoms. The van der Waals surface area contributed by atoms with Crippen molar-refractivity contribution in [2.45, 2.75) is 121 Å². The summed E-state index contributed by atoms with van der Waals surface area (Å²) in [5.74, 6) is 5.25. The maximum atomic E-state index is 2.86. The number of rotatable bonds is 2. The molecule has 0 radical (unpaired) electrons. The van der Waals surface area contributed by atoms with Crippen LogP contribution in [0.25, 0.3) is 32.9 Å². The molecular formula is C55H57BN2. The molecule has 2 atom stereocenters. The zero-order chi connectivity index (χ0) is 38.6. The van der Waals surface area contributed by atoms with Crippen molar-refractivity contribution in [3.05, 3.63) is 113 Å². The van der Waals surface area contributed by atoms with Gasteiger partial charge in [0, 0.05) is 44.2 Å². The van der Waals surface area contributed by atoms with Crippen molar-refractivity contribution < 1.29 is 0 Å². The molecule has 6 aromatic rings. The molecule has 0 spiro atoms. The Labute approximate surface area is 345 Å². The third-order valence-corrected chi connectivity index (χ3v) is 18.2. The van der Waals surface area contributed by atoms with Crippen LogP contribution >= 0.6 is 0 Å². The van der Waals surface area contributed by atoms with Crippen LogP contribution in [0.4, 0.5) is 17.1 Å². The highest BCUT2D eigenvalue weighted by Gasteiger charge is 2.53. The molecule has 6 bridgehead atoms. The Balaban J connectivity index is 1.09. The maximum Gasteiger partial charge on any atom is 0.333 e. The molecule has 15 rings (SSSR count). The van der Waals surface area contributed by atoms with Crippen LogP contribution in [0.5, 0.6) is 0 Å². The van der Waals surface area contributed by atoms with Gasteiger partial charge in [-0.2, -0.15) is 0 Å². The molecule has 6 aliphatic carbocycles. The van der Waals surface area contributed by atoms with Gasteiger partial charge in [-0.25, -0.2) is 0 Å². The highest BCUT2D eigenvalue weighted by molar-refractivity contribution is 6.90. The number of aromatic nitrogens is 1. The summed E-state index contributed by atoms with van der Waals surface area (Å²) in [6.45, 7) is 12.5. The highest BCUT2D eigenvalue weighted by Crippen LogP contribution is 2.62. The molecular weight excluding hydrogens is 699 g/mol. The zero-order valence-electron chi connectivity index (χ0n) is 35.3. The van der Waals surface area contributed by atoms with E-state index in [4.69, 9.17) is 0 Å². The summed E-state index contributed by atoms with van der Waals surface area (Å²) in [6.07, 6.45) is 15.6. The van der Waals surface area contributed by atoms with Crippen LogP contribution in [0.15, 0.2) is 84.9 Å². The van der Waals surface area contributed by atoms with Crippen LogP contribution < -0.4 is 15.8 Å². The lowest BCUT2D eigenvalue weighted by molar-refractivity contribution is -0.00512. The molecule has 290 valence electrons. The van der Waals surface area contributed by atoms with E-state index in [0.29, 0.717) is 5.41 Å². The minimum atomic E-state index is -0.101. The number of nitrogens with zero attached hydrogens (tertiary/aromatic N) is 2. The first-order valence-corrected chi connectivity index (χ1v) is 23.4. The molecule has 1 aromatic heterocycles. The molecule has 0 N–H and O–H groups in total. The lowest BCUT2D eigenvalue weighted by Gasteiger charge is -2.57.